The molecule has 0 aliphatic carbocycles. The zero-order valence-corrected chi connectivity index (χ0v) is 12.9. The Bertz CT molecular complexity index is 542. The van der Waals surface area contributed by atoms with Crippen LogP contribution in [0.15, 0.2) is 12.3 Å². The number of nitrogens with zero attached hydrogens (tertiary/aromatic N) is 3. The van der Waals surface area contributed by atoms with Crippen LogP contribution in [0.5, 0.6) is 0 Å². The van der Waals surface area contributed by atoms with Crippen molar-refractivity contribution in [1.82, 2.24) is 14.8 Å². The minimum Gasteiger partial charge on any atom is -0.335 e. The van der Waals surface area contributed by atoms with Crippen molar-refractivity contribution in [2.45, 2.75) is 45.8 Å². The Morgan fingerprint density at radius 2 is 1.95 bits per heavy atom. The number of carbonyl (C=O) groups is 1. The van der Waals surface area contributed by atoms with E-state index >= 15 is 0 Å². The SMILES string of the molecule is CC1CN(C(=O)c2cc([N+](=O)[O-])cn2C(C)C)CC(C)N1. The van der Waals surface area contributed by atoms with Crippen molar-refractivity contribution in [3.8, 4) is 0 Å². The first-order valence-electron chi connectivity index (χ1n) is 7.21. The number of rotatable bonds is 3. The fourth-order valence-corrected chi connectivity index (χ4v) is 2.82. The van der Waals surface area contributed by atoms with E-state index in [1.165, 1.54) is 12.3 Å². The van der Waals surface area contributed by atoms with Crippen LogP contribution in [0.25, 0.3) is 0 Å². The molecule has 0 spiro atoms. The Morgan fingerprint density at radius 3 is 2.43 bits per heavy atom. The molecule has 21 heavy (non-hydrogen) atoms. The van der Waals surface area contributed by atoms with Crippen LogP contribution in [-0.2, 0) is 0 Å². The van der Waals surface area contributed by atoms with Gasteiger partial charge in [-0.15, -0.1) is 0 Å². The second-order valence-electron chi connectivity index (χ2n) is 6.02. The molecule has 0 radical (unpaired) electrons. The largest absolute Gasteiger partial charge is 0.335 e. The molecule has 1 aromatic heterocycles. The standard InChI is InChI=1S/C14H22N4O3/c1-9(2)17-8-12(18(20)21)5-13(17)14(19)16-6-10(3)15-11(4)7-16/h5,8-11,15H,6-7H2,1-4H3. The van der Waals surface area contributed by atoms with Gasteiger partial charge in [0.05, 0.1) is 11.1 Å². The summed E-state index contributed by atoms with van der Waals surface area (Å²) >= 11 is 0. The van der Waals surface area contributed by atoms with E-state index in [-0.39, 0.29) is 29.7 Å². The lowest BCUT2D eigenvalue weighted by atomic mass is 10.1. The Labute approximate surface area is 124 Å². The Morgan fingerprint density at radius 1 is 1.38 bits per heavy atom. The molecule has 1 aromatic rings. The Kier molecular flexibility index (Phi) is 4.32. The Hall–Kier alpha value is -1.89. The van der Waals surface area contributed by atoms with E-state index in [0.29, 0.717) is 18.8 Å². The maximum atomic E-state index is 12.7. The van der Waals surface area contributed by atoms with Crippen LogP contribution in [0.4, 0.5) is 5.69 Å². The summed E-state index contributed by atoms with van der Waals surface area (Å²) < 4.78 is 1.68. The summed E-state index contributed by atoms with van der Waals surface area (Å²) in [5, 5.41) is 14.3. The fraction of sp³-hybridized carbons (Fsp3) is 0.643. The van der Waals surface area contributed by atoms with E-state index in [0.717, 1.165) is 0 Å². The van der Waals surface area contributed by atoms with E-state index < -0.39 is 4.92 Å². The molecule has 1 aliphatic heterocycles. The summed E-state index contributed by atoms with van der Waals surface area (Å²) in [7, 11) is 0. The molecular formula is C14H22N4O3. The second kappa shape index (κ2) is 5.85. The predicted octanol–water partition coefficient (Wildman–Crippen LogP) is 1.80. The number of aromatic nitrogens is 1. The number of nitro groups is 1. The van der Waals surface area contributed by atoms with E-state index in [4.69, 9.17) is 0 Å². The van der Waals surface area contributed by atoms with Crippen molar-refractivity contribution in [3.05, 3.63) is 28.1 Å². The van der Waals surface area contributed by atoms with Gasteiger partial charge in [0.15, 0.2) is 0 Å². The maximum Gasteiger partial charge on any atom is 0.287 e. The molecule has 2 rings (SSSR count). The third-order valence-corrected chi connectivity index (χ3v) is 3.67. The number of nitrogens with one attached hydrogen (secondary N) is 1. The van der Waals surface area contributed by atoms with Crippen LogP contribution < -0.4 is 5.32 Å². The minimum atomic E-state index is -0.460. The van der Waals surface area contributed by atoms with Crippen molar-refractivity contribution in [1.29, 1.82) is 0 Å². The van der Waals surface area contributed by atoms with Crippen molar-refractivity contribution >= 4 is 11.6 Å². The average Bonchev–Trinajstić information content (AvgIpc) is 2.81. The summed E-state index contributed by atoms with van der Waals surface area (Å²) in [5.74, 6) is -0.142. The summed E-state index contributed by atoms with van der Waals surface area (Å²) in [6.07, 6.45) is 1.44. The fourth-order valence-electron chi connectivity index (χ4n) is 2.82. The maximum absolute atomic E-state index is 12.7. The van der Waals surface area contributed by atoms with Crippen molar-refractivity contribution in [3.63, 3.8) is 0 Å². The highest BCUT2D eigenvalue weighted by Crippen LogP contribution is 2.22. The third kappa shape index (κ3) is 3.24. The van der Waals surface area contributed by atoms with E-state index in [1.807, 2.05) is 27.7 Å². The molecular weight excluding hydrogens is 272 g/mol. The minimum absolute atomic E-state index is 0.00425. The molecule has 2 heterocycles. The van der Waals surface area contributed by atoms with Gasteiger partial charge in [-0.25, -0.2) is 0 Å². The normalized spacial score (nSPS) is 22.6. The molecule has 1 fully saturated rings. The third-order valence-electron chi connectivity index (χ3n) is 3.67. The quantitative estimate of drug-likeness (QED) is 0.681. The highest BCUT2D eigenvalue weighted by molar-refractivity contribution is 5.93. The van der Waals surface area contributed by atoms with Crippen molar-refractivity contribution in [2.24, 2.45) is 0 Å². The van der Waals surface area contributed by atoms with E-state index in [9.17, 15) is 14.9 Å². The van der Waals surface area contributed by atoms with Gasteiger partial charge in [0, 0.05) is 37.3 Å². The van der Waals surface area contributed by atoms with Gasteiger partial charge in [-0.1, -0.05) is 0 Å². The molecule has 0 bridgehead atoms. The highest BCUT2D eigenvalue weighted by Gasteiger charge is 2.29. The number of hydrogen-bond donors (Lipinski definition) is 1. The van der Waals surface area contributed by atoms with Crippen molar-refractivity contribution in [2.75, 3.05) is 13.1 Å². The summed E-state index contributed by atoms with van der Waals surface area (Å²) in [4.78, 5) is 25.0. The summed E-state index contributed by atoms with van der Waals surface area (Å²) in [6.45, 7) is 9.09. The molecule has 0 saturated carbocycles. The zero-order valence-electron chi connectivity index (χ0n) is 12.9. The second-order valence-corrected chi connectivity index (χ2v) is 6.02. The molecule has 0 aromatic carbocycles. The lowest BCUT2D eigenvalue weighted by Crippen LogP contribution is -2.56. The lowest BCUT2D eigenvalue weighted by Gasteiger charge is -2.36. The smallest absolute Gasteiger partial charge is 0.287 e. The van der Waals surface area contributed by atoms with Gasteiger partial charge in [0.25, 0.3) is 11.6 Å². The molecule has 1 amide bonds. The zero-order chi connectivity index (χ0) is 15.7. The molecule has 2 atom stereocenters. The van der Waals surface area contributed by atoms with Crippen LogP contribution in [0.2, 0.25) is 0 Å². The first-order chi connectivity index (χ1) is 9.79. The first-order valence-corrected chi connectivity index (χ1v) is 7.21. The predicted molar refractivity (Wildman–Crippen MR) is 79.4 cm³/mol. The van der Waals surface area contributed by atoms with Crippen LogP contribution in [0.1, 0.15) is 44.2 Å². The molecule has 116 valence electrons. The lowest BCUT2D eigenvalue weighted by molar-refractivity contribution is -0.384. The molecule has 2 unspecified atom stereocenters. The van der Waals surface area contributed by atoms with Crippen LogP contribution in [0, 0.1) is 10.1 Å². The van der Waals surface area contributed by atoms with Gasteiger partial charge in [-0.2, -0.15) is 0 Å². The monoisotopic (exact) mass is 294 g/mol. The molecule has 7 heteroatoms. The molecule has 7 nitrogen and oxygen atoms in total. The topological polar surface area (TPSA) is 80.4 Å². The van der Waals surface area contributed by atoms with Gasteiger partial charge in [-0.05, 0) is 27.7 Å². The number of carbonyl (C=O) groups excluding carboxylic acids is 1. The molecule has 1 saturated heterocycles. The number of piperazine rings is 1. The van der Waals surface area contributed by atoms with Crippen LogP contribution in [0.3, 0.4) is 0 Å². The molecule has 1 N–H and O–H groups in total. The van der Waals surface area contributed by atoms with Gasteiger partial charge >= 0.3 is 0 Å². The summed E-state index contributed by atoms with van der Waals surface area (Å²) in [5.41, 5.74) is 0.348. The summed E-state index contributed by atoms with van der Waals surface area (Å²) in [6, 6.07) is 1.81. The van der Waals surface area contributed by atoms with Gasteiger partial charge in [0.1, 0.15) is 5.69 Å². The first kappa shape index (κ1) is 15.5. The number of hydrogen-bond acceptors (Lipinski definition) is 4. The number of amides is 1. The Balaban J connectivity index is 2.31. The van der Waals surface area contributed by atoms with E-state index in [2.05, 4.69) is 5.32 Å². The van der Waals surface area contributed by atoms with Gasteiger partial charge in [-0.3, -0.25) is 14.9 Å². The van der Waals surface area contributed by atoms with E-state index in [1.54, 1.807) is 9.47 Å². The molecule has 1 aliphatic rings. The average molecular weight is 294 g/mol. The van der Waals surface area contributed by atoms with Crippen LogP contribution in [-0.4, -0.2) is 45.5 Å². The van der Waals surface area contributed by atoms with Gasteiger partial charge < -0.3 is 14.8 Å². The highest BCUT2D eigenvalue weighted by atomic mass is 16.6. The van der Waals surface area contributed by atoms with Crippen molar-refractivity contribution < 1.29 is 9.72 Å². The van der Waals surface area contributed by atoms with Crippen LogP contribution >= 0.6 is 0 Å². The van der Waals surface area contributed by atoms with Gasteiger partial charge in [0.2, 0.25) is 0 Å².